The Labute approximate surface area is 139 Å². The second kappa shape index (κ2) is 15.1. The van der Waals surface area contributed by atoms with Crippen molar-refractivity contribution in [3.63, 3.8) is 0 Å². The zero-order chi connectivity index (χ0) is 17.3. The molecule has 0 aliphatic heterocycles. The molecule has 0 fully saturated rings. The van der Waals surface area contributed by atoms with E-state index in [1.807, 2.05) is 0 Å². The first-order valence-corrected chi connectivity index (χ1v) is 8.50. The van der Waals surface area contributed by atoms with Gasteiger partial charge in [0, 0.05) is 0 Å². The van der Waals surface area contributed by atoms with Crippen LogP contribution in [0.1, 0.15) is 64.7 Å². The lowest BCUT2D eigenvalue weighted by Crippen LogP contribution is -2.23. The van der Waals surface area contributed by atoms with Crippen LogP contribution in [0.5, 0.6) is 0 Å². The van der Waals surface area contributed by atoms with E-state index < -0.39 is 17.9 Å². The molecule has 0 aromatic carbocycles. The van der Waals surface area contributed by atoms with E-state index in [1.54, 1.807) is 0 Å². The largest absolute Gasteiger partial charge is 0.481 e. The average Bonchev–Trinajstić information content (AvgIpc) is 2.50. The summed E-state index contributed by atoms with van der Waals surface area (Å²) in [5.74, 6) is -3.73. The van der Waals surface area contributed by atoms with E-state index in [0.29, 0.717) is 6.42 Å². The van der Waals surface area contributed by atoms with Crippen LogP contribution in [-0.2, 0) is 9.59 Å². The lowest BCUT2D eigenvalue weighted by molar-refractivity contribution is -0.154. The highest BCUT2D eigenvalue weighted by Crippen LogP contribution is 2.12. The number of rotatable bonds is 14. The van der Waals surface area contributed by atoms with Gasteiger partial charge >= 0.3 is 11.9 Å². The zero-order valence-electron chi connectivity index (χ0n) is 14.1. The summed E-state index contributed by atoms with van der Waals surface area (Å²) < 4.78 is 0. The number of carbonyl (C=O) groups is 2. The van der Waals surface area contributed by atoms with Gasteiger partial charge in [0.1, 0.15) is 0 Å². The maximum absolute atomic E-state index is 10.7. The first kappa shape index (κ1) is 21.2. The van der Waals surface area contributed by atoms with E-state index in [2.05, 4.69) is 43.4 Å². The number of carboxylic acids is 2. The van der Waals surface area contributed by atoms with E-state index in [1.165, 1.54) is 0 Å². The molecule has 0 heterocycles. The minimum absolute atomic E-state index is 0.220. The second-order valence-electron chi connectivity index (χ2n) is 5.51. The summed E-state index contributed by atoms with van der Waals surface area (Å²) in [6.07, 6.45) is 20.9. The van der Waals surface area contributed by atoms with Crippen molar-refractivity contribution in [3.05, 3.63) is 36.5 Å². The van der Waals surface area contributed by atoms with E-state index in [4.69, 9.17) is 10.2 Å². The fourth-order valence-electron chi connectivity index (χ4n) is 2.14. The number of unbranched alkanes of at least 4 members (excludes halogenated alkanes) is 4. The monoisotopic (exact) mass is 322 g/mol. The second-order valence-corrected chi connectivity index (χ2v) is 5.51. The van der Waals surface area contributed by atoms with Gasteiger partial charge in [0.05, 0.1) is 0 Å². The van der Waals surface area contributed by atoms with Crippen molar-refractivity contribution in [3.8, 4) is 0 Å². The molecule has 0 bridgehead atoms. The minimum atomic E-state index is -1.26. The van der Waals surface area contributed by atoms with Crippen molar-refractivity contribution in [2.75, 3.05) is 0 Å². The van der Waals surface area contributed by atoms with Gasteiger partial charge in [-0.1, -0.05) is 62.6 Å². The Morgan fingerprint density at radius 3 is 1.87 bits per heavy atom. The first-order valence-electron chi connectivity index (χ1n) is 8.50. The summed E-state index contributed by atoms with van der Waals surface area (Å²) in [6, 6.07) is 0. The Morgan fingerprint density at radius 1 is 0.783 bits per heavy atom. The van der Waals surface area contributed by atoms with Gasteiger partial charge in [0.2, 0.25) is 0 Å². The van der Waals surface area contributed by atoms with Crippen molar-refractivity contribution in [1.82, 2.24) is 0 Å². The van der Waals surface area contributed by atoms with Crippen LogP contribution in [0.15, 0.2) is 36.5 Å². The normalized spacial score (nSPS) is 12.1. The molecule has 0 saturated carbocycles. The summed E-state index contributed by atoms with van der Waals surface area (Å²) in [4.78, 5) is 21.4. The van der Waals surface area contributed by atoms with Crippen molar-refractivity contribution >= 4 is 11.9 Å². The molecule has 4 nitrogen and oxygen atoms in total. The van der Waals surface area contributed by atoms with Crippen LogP contribution < -0.4 is 0 Å². The van der Waals surface area contributed by atoms with Crippen LogP contribution >= 0.6 is 0 Å². The SMILES string of the molecule is CC/C=C\C/C=C\C/C=C\CCCCCCC(C(=O)O)C(=O)O. The number of hydrogen-bond acceptors (Lipinski definition) is 2. The fourth-order valence-corrected chi connectivity index (χ4v) is 2.14. The van der Waals surface area contributed by atoms with E-state index in [-0.39, 0.29) is 6.42 Å². The molecule has 0 spiro atoms. The molecular weight excluding hydrogens is 292 g/mol. The number of hydrogen-bond donors (Lipinski definition) is 2. The van der Waals surface area contributed by atoms with Crippen molar-refractivity contribution in [1.29, 1.82) is 0 Å². The quantitative estimate of drug-likeness (QED) is 0.269. The van der Waals surface area contributed by atoms with Crippen molar-refractivity contribution < 1.29 is 19.8 Å². The molecule has 0 aromatic heterocycles. The van der Waals surface area contributed by atoms with Gasteiger partial charge < -0.3 is 10.2 Å². The molecule has 0 aliphatic carbocycles. The predicted octanol–water partition coefficient (Wildman–Crippen LogP) is 4.97. The van der Waals surface area contributed by atoms with Crippen LogP contribution in [-0.4, -0.2) is 22.2 Å². The fraction of sp³-hybridized carbons (Fsp3) is 0.579. The van der Waals surface area contributed by atoms with Crippen LogP contribution in [0, 0.1) is 5.92 Å². The lowest BCUT2D eigenvalue weighted by Gasteiger charge is -2.06. The van der Waals surface area contributed by atoms with Crippen LogP contribution in [0.25, 0.3) is 0 Å². The highest BCUT2D eigenvalue weighted by Gasteiger charge is 2.24. The van der Waals surface area contributed by atoms with Gasteiger partial charge in [-0.3, -0.25) is 9.59 Å². The zero-order valence-corrected chi connectivity index (χ0v) is 14.1. The molecule has 0 aromatic rings. The third kappa shape index (κ3) is 13.5. The molecule has 4 heteroatoms. The van der Waals surface area contributed by atoms with Crippen LogP contribution in [0.3, 0.4) is 0 Å². The highest BCUT2D eigenvalue weighted by atomic mass is 16.4. The Bertz CT molecular complexity index is 394. The van der Waals surface area contributed by atoms with Crippen LogP contribution in [0.2, 0.25) is 0 Å². The van der Waals surface area contributed by atoms with Gasteiger partial charge in [-0.15, -0.1) is 0 Å². The van der Waals surface area contributed by atoms with Crippen LogP contribution in [0.4, 0.5) is 0 Å². The van der Waals surface area contributed by atoms with Gasteiger partial charge in [0.25, 0.3) is 0 Å². The van der Waals surface area contributed by atoms with E-state index in [9.17, 15) is 9.59 Å². The third-order valence-electron chi connectivity index (χ3n) is 3.49. The molecular formula is C19H30O4. The summed E-state index contributed by atoms with van der Waals surface area (Å²) in [6.45, 7) is 2.12. The summed E-state index contributed by atoms with van der Waals surface area (Å²) in [5.41, 5.74) is 0. The highest BCUT2D eigenvalue weighted by molar-refractivity contribution is 5.92. The van der Waals surface area contributed by atoms with Crippen molar-refractivity contribution in [2.24, 2.45) is 5.92 Å². The number of carboxylic acid groups (broad SMARTS) is 2. The van der Waals surface area contributed by atoms with E-state index in [0.717, 1.165) is 44.9 Å². The third-order valence-corrected chi connectivity index (χ3v) is 3.49. The molecule has 0 amide bonds. The van der Waals surface area contributed by atoms with Gasteiger partial charge in [0.15, 0.2) is 5.92 Å². The summed E-state index contributed by atoms with van der Waals surface area (Å²) >= 11 is 0. The molecule has 0 rings (SSSR count). The Balaban J connectivity index is 3.52. The number of allylic oxidation sites excluding steroid dienone is 6. The standard InChI is InChI=1S/C19H30O4/c1-2-3-4-5-6-7-8-9-10-11-12-13-14-15-16-17(18(20)21)19(22)23/h3-4,6-7,9-10,17H,2,5,8,11-16H2,1H3,(H,20,21)(H,22,23)/b4-3-,7-6-,10-9-. The molecule has 0 radical (unpaired) electrons. The maximum Gasteiger partial charge on any atom is 0.317 e. The Hall–Kier alpha value is -1.84. The van der Waals surface area contributed by atoms with Gasteiger partial charge in [-0.05, 0) is 38.5 Å². The summed E-state index contributed by atoms with van der Waals surface area (Å²) in [7, 11) is 0. The number of aliphatic carboxylic acids is 2. The molecule has 2 N–H and O–H groups in total. The first-order chi connectivity index (χ1) is 11.1. The molecule has 23 heavy (non-hydrogen) atoms. The molecule has 0 aliphatic rings. The molecule has 130 valence electrons. The lowest BCUT2D eigenvalue weighted by atomic mass is 10.0. The topological polar surface area (TPSA) is 74.6 Å². The van der Waals surface area contributed by atoms with Gasteiger partial charge in [-0.25, -0.2) is 0 Å². The smallest absolute Gasteiger partial charge is 0.317 e. The summed E-state index contributed by atoms with van der Waals surface area (Å²) in [5, 5.41) is 17.5. The molecule has 0 atom stereocenters. The Morgan fingerprint density at radius 2 is 1.30 bits per heavy atom. The minimum Gasteiger partial charge on any atom is -0.481 e. The van der Waals surface area contributed by atoms with Crippen molar-refractivity contribution in [2.45, 2.75) is 64.7 Å². The molecule has 0 unspecified atom stereocenters. The van der Waals surface area contributed by atoms with Gasteiger partial charge in [-0.2, -0.15) is 0 Å². The Kier molecular flexibility index (Phi) is 13.9. The van der Waals surface area contributed by atoms with E-state index >= 15 is 0 Å². The maximum atomic E-state index is 10.7. The predicted molar refractivity (Wildman–Crippen MR) is 93.4 cm³/mol. The molecule has 0 saturated heterocycles. The average molecular weight is 322 g/mol.